The zero-order chi connectivity index (χ0) is 14.0. The molecule has 1 aromatic heterocycles. The van der Waals surface area contributed by atoms with Gasteiger partial charge >= 0.3 is 6.18 Å². The van der Waals surface area contributed by atoms with Gasteiger partial charge in [-0.2, -0.15) is 13.2 Å². The average Bonchev–Trinajstić information content (AvgIpc) is 2.52. The maximum absolute atomic E-state index is 11.9. The molecular weight excluding hydrogens is 291 g/mol. The van der Waals surface area contributed by atoms with Gasteiger partial charge in [-0.05, 0) is 13.3 Å². The lowest BCUT2D eigenvalue weighted by Gasteiger charge is -2.07. The van der Waals surface area contributed by atoms with Crippen molar-refractivity contribution < 1.29 is 21.6 Å². The number of nitrogens with zero attached hydrogens (tertiary/aromatic N) is 1. The van der Waals surface area contributed by atoms with Gasteiger partial charge in [0, 0.05) is 13.0 Å². The first-order valence-electron chi connectivity index (χ1n) is 4.91. The molecule has 18 heavy (non-hydrogen) atoms. The molecule has 10 heteroatoms. The number of hydrogen-bond donors (Lipinski definition) is 2. The van der Waals surface area contributed by atoms with Crippen LogP contribution in [0.4, 0.5) is 18.3 Å². The number of alkyl halides is 3. The first kappa shape index (κ1) is 15.2. The van der Waals surface area contributed by atoms with E-state index in [9.17, 15) is 21.6 Å². The Bertz CT molecular complexity index is 510. The fourth-order valence-electron chi connectivity index (χ4n) is 1.21. The zero-order valence-corrected chi connectivity index (χ0v) is 11.0. The van der Waals surface area contributed by atoms with Gasteiger partial charge in [0.2, 0.25) is 0 Å². The molecule has 3 N–H and O–H groups in total. The molecule has 1 aromatic rings. The Morgan fingerprint density at radius 3 is 2.50 bits per heavy atom. The number of nitrogens with one attached hydrogen (secondary N) is 1. The van der Waals surface area contributed by atoms with Crippen LogP contribution < -0.4 is 10.5 Å². The monoisotopic (exact) mass is 303 g/mol. The highest BCUT2D eigenvalue weighted by molar-refractivity contribution is 7.91. The lowest BCUT2D eigenvalue weighted by Crippen LogP contribution is -2.25. The van der Waals surface area contributed by atoms with E-state index in [2.05, 4.69) is 9.71 Å². The van der Waals surface area contributed by atoms with Gasteiger partial charge in [-0.25, -0.2) is 18.1 Å². The first-order valence-corrected chi connectivity index (χ1v) is 7.21. The Labute approximate surface area is 106 Å². The number of hydrogen-bond acceptors (Lipinski definition) is 5. The third-order valence-electron chi connectivity index (χ3n) is 1.94. The van der Waals surface area contributed by atoms with Crippen molar-refractivity contribution in [1.29, 1.82) is 0 Å². The summed E-state index contributed by atoms with van der Waals surface area (Å²) in [6.45, 7) is 1.19. The Kier molecular flexibility index (Phi) is 4.56. The van der Waals surface area contributed by atoms with Gasteiger partial charge in [-0.15, -0.1) is 0 Å². The van der Waals surface area contributed by atoms with E-state index >= 15 is 0 Å². The number of nitrogen functional groups attached to an aromatic ring is 1. The molecule has 5 nitrogen and oxygen atoms in total. The van der Waals surface area contributed by atoms with Gasteiger partial charge in [-0.3, -0.25) is 0 Å². The summed E-state index contributed by atoms with van der Waals surface area (Å²) >= 11 is 0.779. The highest BCUT2D eigenvalue weighted by Crippen LogP contribution is 2.25. The number of sulfonamides is 1. The van der Waals surface area contributed by atoms with Gasteiger partial charge in [0.1, 0.15) is 0 Å². The molecule has 1 rings (SSSR count). The summed E-state index contributed by atoms with van der Waals surface area (Å²) in [7, 11) is -3.83. The fraction of sp³-hybridized carbons (Fsp3) is 0.625. The lowest BCUT2D eigenvalue weighted by molar-refractivity contribution is -0.135. The molecule has 0 unspecified atom stereocenters. The predicted octanol–water partition coefficient (Wildman–Crippen LogP) is 1.65. The van der Waals surface area contributed by atoms with E-state index in [1.165, 1.54) is 6.92 Å². The minimum Gasteiger partial charge on any atom is -0.375 e. The SMILES string of the molecule is Cc1nc(N)sc1S(=O)(=O)NCCCC(F)(F)F. The molecule has 0 saturated heterocycles. The molecule has 0 radical (unpaired) electrons. The summed E-state index contributed by atoms with van der Waals surface area (Å²) < 4.78 is 61.0. The van der Waals surface area contributed by atoms with Crippen LogP contribution in [0.3, 0.4) is 0 Å². The highest BCUT2D eigenvalue weighted by Gasteiger charge is 2.27. The highest BCUT2D eigenvalue weighted by atomic mass is 32.2. The maximum Gasteiger partial charge on any atom is 0.389 e. The van der Waals surface area contributed by atoms with Crippen LogP contribution in [0.2, 0.25) is 0 Å². The molecule has 0 saturated carbocycles. The Morgan fingerprint density at radius 2 is 2.06 bits per heavy atom. The van der Waals surface area contributed by atoms with Crippen LogP contribution in [-0.2, 0) is 10.0 Å². The van der Waals surface area contributed by atoms with Crippen molar-refractivity contribution in [1.82, 2.24) is 9.71 Å². The van der Waals surface area contributed by atoms with Gasteiger partial charge < -0.3 is 5.73 Å². The number of aryl methyl sites for hydroxylation is 1. The van der Waals surface area contributed by atoms with E-state index in [4.69, 9.17) is 5.73 Å². The number of anilines is 1. The number of aromatic nitrogens is 1. The van der Waals surface area contributed by atoms with E-state index in [1.807, 2.05) is 0 Å². The Morgan fingerprint density at radius 1 is 1.44 bits per heavy atom. The second kappa shape index (κ2) is 5.41. The summed E-state index contributed by atoms with van der Waals surface area (Å²) in [4.78, 5) is 3.74. The van der Waals surface area contributed by atoms with E-state index in [0.29, 0.717) is 0 Å². The zero-order valence-electron chi connectivity index (χ0n) is 9.41. The average molecular weight is 303 g/mol. The summed E-state index contributed by atoms with van der Waals surface area (Å²) in [5.74, 6) is 0. The van der Waals surface area contributed by atoms with Gasteiger partial charge in [-0.1, -0.05) is 11.3 Å². The molecule has 0 amide bonds. The second-order valence-corrected chi connectivity index (χ2v) is 6.53. The van der Waals surface area contributed by atoms with Crippen molar-refractivity contribution in [3.63, 3.8) is 0 Å². The van der Waals surface area contributed by atoms with E-state index in [0.717, 1.165) is 11.3 Å². The van der Waals surface area contributed by atoms with Crippen LogP contribution in [0, 0.1) is 6.92 Å². The Hall–Kier alpha value is -0.870. The quantitative estimate of drug-likeness (QED) is 0.810. The summed E-state index contributed by atoms with van der Waals surface area (Å²) in [5, 5.41) is 0.100. The molecule has 0 aromatic carbocycles. The van der Waals surface area contributed by atoms with Crippen molar-refractivity contribution in [2.45, 2.75) is 30.2 Å². The molecule has 0 spiro atoms. The van der Waals surface area contributed by atoms with Crippen LogP contribution in [-0.4, -0.2) is 26.1 Å². The van der Waals surface area contributed by atoms with Crippen molar-refractivity contribution in [3.05, 3.63) is 5.69 Å². The van der Waals surface area contributed by atoms with Crippen LogP contribution >= 0.6 is 11.3 Å². The van der Waals surface area contributed by atoms with Crippen LogP contribution in [0.25, 0.3) is 0 Å². The van der Waals surface area contributed by atoms with E-state index < -0.39 is 22.6 Å². The summed E-state index contributed by atoms with van der Waals surface area (Å²) in [6, 6.07) is 0. The van der Waals surface area contributed by atoms with Gasteiger partial charge in [0.15, 0.2) is 9.34 Å². The Balaban J connectivity index is 2.59. The lowest BCUT2D eigenvalue weighted by atomic mass is 10.3. The largest absolute Gasteiger partial charge is 0.389 e. The van der Waals surface area contributed by atoms with Crippen molar-refractivity contribution >= 4 is 26.5 Å². The number of nitrogens with two attached hydrogens (primary N) is 1. The molecule has 104 valence electrons. The third kappa shape index (κ3) is 4.42. The molecule has 0 aliphatic heterocycles. The normalized spacial score (nSPS) is 12.9. The molecule has 0 aliphatic carbocycles. The predicted molar refractivity (Wildman–Crippen MR) is 61.7 cm³/mol. The van der Waals surface area contributed by atoms with Crippen LogP contribution in [0.1, 0.15) is 18.5 Å². The summed E-state index contributed by atoms with van der Waals surface area (Å²) in [5.41, 5.74) is 5.59. The minimum atomic E-state index is -4.28. The number of thiazole rings is 1. The second-order valence-electron chi connectivity index (χ2n) is 3.54. The molecule has 0 aliphatic rings. The van der Waals surface area contributed by atoms with Crippen molar-refractivity contribution in [2.75, 3.05) is 12.3 Å². The van der Waals surface area contributed by atoms with Crippen LogP contribution in [0.15, 0.2) is 4.21 Å². The molecule has 1 heterocycles. The topological polar surface area (TPSA) is 85.1 Å². The maximum atomic E-state index is 11.9. The molecule has 0 bridgehead atoms. The number of halogens is 3. The van der Waals surface area contributed by atoms with Gasteiger partial charge in [0.25, 0.3) is 10.0 Å². The molecule has 0 fully saturated rings. The molecular formula is C8H12F3N3O2S2. The van der Waals surface area contributed by atoms with Gasteiger partial charge in [0.05, 0.1) is 5.69 Å². The number of rotatable bonds is 5. The first-order chi connectivity index (χ1) is 8.12. The summed E-state index contributed by atoms with van der Waals surface area (Å²) in [6.07, 6.45) is -5.62. The van der Waals surface area contributed by atoms with Crippen molar-refractivity contribution in [2.24, 2.45) is 0 Å². The van der Waals surface area contributed by atoms with E-state index in [1.54, 1.807) is 0 Å². The molecule has 0 atom stereocenters. The van der Waals surface area contributed by atoms with Crippen LogP contribution in [0.5, 0.6) is 0 Å². The van der Waals surface area contributed by atoms with E-state index in [-0.39, 0.29) is 28.0 Å². The third-order valence-corrected chi connectivity index (χ3v) is 5.00. The minimum absolute atomic E-state index is 0.0630. The standard InChI is InChI=1S/C8H12F3N3O2S2/c1-5-6(17-7(12)14-5)18(15,16)13-4-2-3-8(9,10)11/h13H,2-4H2,1H3,(H2,12,14). The van der Waals surface area contributed by atoms with Crippen molar-refractivity contribution in [3.8, 4) is 0 Å². The fourth-order valence-corrected chi connectivity index (χ4v) is 3.63. The smallest absolute Gasteiger partial charge is 0.375 e.